The summed E-state index contributed by atoms with van der Waals surface area (Å²) in [6.45, 7) is 1.01. The van der Waals surface area contributed by atoms with E-state index < -0.39 is 0 Å². The Morgan fingerprint density at radius 3 is 2.94 bits per heavy atom. The lowest BCUT2D eigenvalue weighted by Gasteiger charge is -2.18. The lowest BCUT2D eigenvalue weighted by atomic mass is 10.0. The monoisotopic (exact) mass is 226 g/mol. The van der Waals surface area contributed by atoms with Gasteiger partial charge in [-0.25, -0.2) is 0 Å². The normalized spacial score (nSPS) is 24.1. The smallest absolute Gasteiger partial charge is 0.0628 e. The van der Waals surface area contributed by atoms with Gasteiger partial charge in [-0.15, -0.1) is 0 Å². The van der Waals surface area contributed by atoms with Crippen molar-refractivity contribution in [2.45, 2.75) is 38.1 Å². The number of nitriles is 1. The molecule has 1 fully saturated rings. The molecule has 0 aliphatic heterocycles. The number of aryl methyl sites for hydroxylation is 1. The number of nitrogens with zero attached hydrogens (tertiary/aromatic N) is 1. The molecule has 0 radical (unpaired) electrons. The molecule has 2 aliphatic rings. The van der Waals surface area contributed by atoms with Crippen molar-refractivity contribution in [1.29, 1.82) is 5.26 Å². The van der Waals surface area contributed by atoms with Gasteiger partial charge in [-0.05, 0) is 42.2 Å². The van der Waals surface area contributed by atoms with Gasteiger partial charge in [0, 0.05) is 19.0 Å². The van der Waals surface area contributed by atoms with E-state index in [1.807, 2.05) is 0 Å². The molecule has 1 saturated carbocycles. The van der Waals surface area contributed by atoms with Crippen molar-refractivity contribution in [1.82, 2.24) is 5.32 Å². The van der Waals surface area contributed by atoms with Crippen molar-refractivity contribution in [2.75, 3.05) is 6.54 Å². The van der Waals surface area contributed by atoms with E-state index in [0.717, 1.165) is 6.54 Å². The topological polar surface area (TPSA) is 35.8 Å². The Hall–Kier alpha value is -1.33. The molecule has 3 rings (SSSR count). The Bertz CT molecular complexity index is 454. The highest BCUT2D eigenvalue weighted by molar-refractivity contribution is 5.34. The van der Waals surface area contributed by atoms with E-state index >= 15 is 0 Å². The van der Waals surface area contributed by atoms with E-state index in [2.05, 4.69) is 35.7 Å². The van der Waals surface area contributed by atoms with E-state index in [4.69, 9.17) is 5.26 Å². The van der Waals surface area contributed by atoms with Crippen LogP contribution in [0.15, 0.2) is 24.3 Å². The maximum Gasteiger partial charge on any atom is 0.0628 e. The number of hydrogen-bond acceptors (Lipinski definition) is 2. The number of nitrogens with one attached hydrogen (secondary N) is 1. The molecular weight excluding hydrogens is 208 g/mol. The number of rotatable bonds is 4. The largest absolute Gasteiger partial charge is 0.309 e. The second kappa shape index (κ2) is 4.16. The molecule has 0 saturated heterocycles. The third kappa shape index (κ3) is 2.08. The van der Waals surface area contributed by atoms with Crippen molar-refractivity contribution in [3.63, 3.8) is 0 Å². The summed E-state index contributed by atoms with van der Waals surface area (Å²) in [5, 5.41) is 12.5. The summed E-state index contributed by atoms with van der Waals surface area (Å²) in [5.41, 5.74) is 3.28. The molecule has 1 aromatic carbocycles. The molecule has 0 heterocycles. The zero-order chi connectivity index (χ0) is 11.7. The first-order valence-electron chi connectivity index (χ1n) is 6.51. The van der Waals surface area contributed by atoms with Crippen LogP contribution in [-0.4, -0.2) is 6.54 Å². The van der Waals surface area contributed by atoms with Crippen LogP contribution in [0.5, 0.6) is 0 Å². The predicted molar refractivity (Wildman–Crippen MR) is 67.4 cm³/mol. The van der Waals surface area contributed by atoms with E-state index in [-0.39, 0.29) is 0 Å². The van der Waals surface area contributed by atoms with Crippen LogP contribution in [0.3, 0.4) is 0 Å². The Morgan fingerprint density at radius 1 is 1.35 bits per heavy atom. The van der Waals surface area contributed by atoms with Crippen LogP contribution < -0.4 is 5.32 Å². The Labute approximate surface area is 103 Å². The molecule has 17 heavy (non-hydrogen) atoms. The quantitative estimate of drug-likeness (QED) is 0.856. The van der Waals surface area contributed by atoms with Gasteiger partial charge < -0.3 is 5.32 Å². The highest BCUT2D eigenvalue weighted by atomic mass is 14.9. The van der Waals surface area contributed by atoms with Gasteiger partial charge in [0.1, 0.15) is 0 Å². The highest BCUT2D eigenvalue weighted by Crippen LogP contribution is 2.48. The van der Waals surface area contributed by atoms with Gasteiger partial charge in [-0.1, -0.05) is 24.3 Å². The molecule has 2 nitrogen and oxygen atoms in total. The molecule has 1 unspecified atom stereocenters. The molecule has 2 heteroatoms. The van der Waals surface area contributed by atoms with Gasteiger partial charge in [0.05, 0.1) is 6.07 Å². The van der Waals surface area contributed by atoms with Crippen molar-refractivity contribution in [3.8, 4) is 6.07 Å². The zero-order valence-corrected chi connectivity index (χ0v) is 10.1. The summed E-state index contributed by atoms with van der Waals surface area (Å²) in [5.74, 6) is 0. The van der Waals surface area contributed by atoms with E-state index in [0.29, 0.717) is 17.9 Å². The van der Waals surface area contributed by atoms with Crippen LogP contribution in [0.2, 0.25) is 0 Å². The number of hydrogen-bond donors (Lipinski definition) is 1. The van der Waals surface area contributed by atoms with Crippen LogP contribution in [0.1, 0.15) is 42.9 Å². The molecule has 0 amide bonds. The van der Waals surface area contributed by atoms with Crippen molar-refractivity contribution in [2.24, 2.45) is 5.41 Å². The minimum absolute atomic E-state index is 0.312. The van der Waals surface area contributed by atoms with Crippen LogP contribution in [0.25, 0.3) is 0 Å². The SMILES string of the molecule is N#CCC1(CNC2CCc3ccccc32)CC1. The average Bonchev–Trinajstić information content (AvgIpc) is 3.00. The van der Waals surface area contributed by atoms with Crippen LogP contribution in [-0.2, 0) is 6.42 Å². The minimum Gasteiger partial charge on any atom is -0.309 e. The summed E-state index contributed by atoms with van der Waals surface area (Å²) in [6, 6.07) is 11.6. The minimum atomic E-state index is 0.312. The molecule has 2 aliphatic carbocycles. The van der Waals surface area contributed by atoms with Crippen molar-refractivity contribution >= 4 is 0 Å². The van der Waals surface area contributed by atoms with Crippen LogP contribution in [0.4, 0.5) is 0 Å². The number of fused-ring (bicyclic) bond motifs is 1. The summed E-state index contributed by atoms with van der Waals surface area (Å²) in [7, 11) is 0. The lowest BCUT2D eigenvalue weighted by Crippen LogP contribution is -2.27. The van der Waals surface area contributed by atoms with Gasteiger partial charge in [0.15, 0.2) is 0 Å². The van der Waals surface area contributed by atoms with Crippen LogP contribution >= 0.6 is 0 Å². The van der Waals surface area contributed by atoms with E-state index in [1.165, 1.54) is 36.8 Å². The summed E-state index contributed by atoms with van der Waals surface area (Å²) in [6.07, 6.45) is 5.57. The van der Waals surface area contributed by atoms with Crippen LogP contribution in [0, 0.1) is 16.7 Å². The fourth-order valence-corrected chi connectivity index (χ4v) is 2.87. The maximum atomic E-state index is 8.81. The maximum absolute atomic E-state index is 8.81. The van der Waals surface area contributed by atoms with Crippen molar-refractivity contribution < 1.29 is 0 Å². The lowest BCUT2D eigenvalue weighted by molar-refractivity contribution is 0.418. The first-order valence-corrected chi connectivity index (χ1v) is 6.51. The summed E-state index contributed by atoms with van der Waals surface area (Å²) < 4.78 is 0. The zero-order valence-electron chi connectivity index (χ0n) is 10.1. The van der Waals surface area contributed by atoms with Crippen molar-refractivity contribution in [3.05, 3.63) is 35.4 Å². The molecule has 88 valence electrons. The molecule has 1 atom stereocenters. The second-order valence-corrected chi connectivity index (χ2v) is 5.51. The van der Waals surface area contributed by atoms with Gasteiger partial charge in [0.2, 0.25) is 0 Å². The molecular formula is C15H18N2. The molecule has 0 bridgehead atoms. The fourth-order valence-electron chi connectivity index (χ4n) is 2.87. The average molecular weight is 226 g/mol. The van der Waals surface area contributed by atoms with Gasteiger partial charge in [0.25, 0.3) is 0 Å². The predicted octanol–water partition coefficient (Wildman–Crippen LogP) is 2.96. The Kier molecular flexibility index (Phi) is 2.64. The standard InChI is InChI=1S/C15H18N2/c16-10-9-15(7-8-15)11-17-14-6-5-12-3-1-2-4-13(12)14/h1-4,14,17H,5-9,11H2. The fraction of sp³-hybridized carbons (Fsp3) is 0.533. The highest BCUT2D eigenvalue weighted by Gasteiger charge is 2.42. The molecule has 1 N–H and O–H groups in total. The summed E-state index contributed by atoms with van der Waals surface area (Å²) >= 11 is 0. The second-order valence-electron chi connectivity index (χ2n) is 5.51. The first kappa shape index (κ1) is 10.8. The Morgan fingerprint density at radius 2 is 2.18 bits per heavy atom. The third-order valence-corrected chi connectivity index (χ3v) is 4.27. The number of benzene rings is 1. The first-order chi connectivity index (χ1) is 8.33. The van der Waals surface area contributed by atoms with Gasteiger partial charge in [-0.3, -0.25) is 0 Å². The third-order valence-electron chi connectivity index (χ3n) is 4.27. The Balaban J connectivity index is 1.63. The van der Waals surface area contributed by atoms with Gasteiger partial charge >= 0.3 is 0 Å². The molecule has 0 aromatic heterocycles. The van der Waals surface area contributed by atoms with E-state index in [9.17, 15) is 0 Å². The molecule has 0 spiro atoms. The molecule has 1 aromatic rings. The summed E-state index contributed by atoms with van der Waals surface area (Å²) in [4.78, 5) is 0. The van der Waals surface area contributed by atoms with E-state index in [1.54, 1.807) is 0 Å². The van der Waals surface area contributed by atoms with Gasteiger partial charge in [-0.2, -0.15) is 5.26 Å².